The number of carboxylic acids is 1. The molecule has 8 heteroatoms. The number of benzene rings is 2. The molecular weight excluding hydrogens is 440 g/mol. The van der Waals surface area contributed by atoms with E-state index in [2.05, 4.69) is 19.6 Å². The molecule has 2 aromatic rings. The van der Waals surface area contributed by atoms with Crippen molar-refractivity contribution in [3.8, 4) is 11.1 Å². The third-order valence-electron chi connectivity index (χ3n) is 4.59. The molecule has 178 valence electrons. The van der Waals surface area contributed by atoms with Crippen LogP contribution in [0.25, 0.3) is 11.1 Å². The van der Waals surface area contributed by atoms with Crippen LogP contribution in [-0.2, 0) is 14.2 Å². The molecule has 0 radical (unpaired) electrons. The van der Waals surface area contributed by atoms with Gasteiger partial charge in [-0.2, -0.15) is 0 Å². The van der Waals surface area contributed by atoms with Crippen LogP contribution < -0.4 is 0 Å². The molecule has 0 aliphatic heterocycles. The van der Waals surface area contributed by atoms with Crippen LogP contribution in [0.2, 0.25) is 25.7 Å². The summed E-state index contributed by atoms with van der Waals surface area (Å²) in [5.74, 6) is -2.44. The summed E-state index contributed by atoms with van der Waals surface area (Å²) in [4.78, 5) is 37.2. The third kappa shape index (κ3) is 8.14. The summed E-state index contributed by atoms with van der Waals surface area (Å²) in [5.41, 5.74) is 0.175. The van der Waals surface area contributed by atoms with Gasteiger partial charge in [-0.1, -0.05) is 43.9 Å². The molecule has 0 unspecified atom stereocenters. The average molecular weight is 473 g/mol. The van der Waals surface area contributed by atoms with Gasteiger partial charge in [-0.25, -0.2) is 14.4 Å². The summed E-state index contributed by atoms with van der Waals surface area (Å²) in [7, 11) is -1.25. The smallest absolute Gasteiger partial charge is 0.340 e. The van der Waals surface area contributed by atoms with E-state index in [1.807, 2.05) is 0 Å². The summed E-state index contributed by atoms with van der Waals surface area (Å²) < 4.78 is 16.1. The number of carbonyl (C=O) groups excluding carboxylic acids is 2. The zero-order chi connectivity index (χ0) is 24.8. The van der Waals surface area contributed by atoms with E-state index in [1.165, 1.54) is 24.3 Å². The van der Waals surface area contributed by atoms with Gasteiger partial charge >= 0.3 is 17.9 Å². The molecule has 0 fully saturated rings. The molecule has 2 rings (SSSR count). The van der Waals surface area contributed by atoms with Crippen molar-refractivity contribution in [3.05, 3.63) is 59.2 Å². The normalized spacial score (nSPS) is 11.7. The molecule has 7 nitrogen and oxygen atoms in total. The number of aromatic carboxylic acids is 1. The highest BCUT2D eigenvalue weighted by Crippen LogP contribution is 2.30. The minimum atomic E-state index is -1.25. The molecule has 0 saturated carbocycles. The molecule has 0 aromatic heterocycles. The fraction of sp³-hybridized carbons (Fsp3) is 0.400. The van der Waals surface area contributed by atoms with Gasteiger partial charge < -0.3 is 19.3 Å². The predicted molar refractivity (Wildman–Crippen MR) is 128 cm³/mol. The van der Waals surface area contributed by atoms with Crippen LogP contribution in [0, 0.1) is 0 Å². The van der Waals surface area contributed by atoms with Gasteiger partial charge in [0.1, 0.15) is 5.60 Å². The number of carboxylic acid groups (broad SMARTS) is 1. The number of carbonyl (C=O) groups is 3. The molecule has 0 aliphatic carbocycles. The number of hydrogen-bond acceptors (Lipinski definition) is 6. The summed E-state index contributed by atoms with van der Waals surface area (Å²) in [6, 6.07) is 11.7. The van der Waals surface area contributed by atoms with Crippen LogP contribution in [0.3, 0.4) is 0 Å². The van der Waals surface area contributed by atoms with E-state index in [9.17, 15) is 19.5 Å². The first kappa shape index (κ1) is 26.3. The monoisotopic (exact) mass is 472 g/mol. The first-order valence-electron chi connectivity index (χ1n) is 10.7. The van der Waals surface area contributed by atoms with Gasteiger partial charge in [0.2, 0.25) is 0 Å². The van der Waals surface area contributed by atoms with Crippen molar-refractivity contribution in [1.82, 2.24) is 0 Å². The highest BCUT2D eigenvalue weighted by atomic mass is 28.3. The minimum Gasteiger partial charge on any atom is -0.478 e. The lowest BCUT2D eigenvalue weighted by Gasteiger charge is -2.21. The average Bonchev–Trinajstić information content (AvgIpc) is 2.70. The van der Waals surface area contributed by atoms with Crippen molar-refractivity contribution in [3.63, 3.8) is 0 Å². The van der Waals surface area contributed by atoms with E-state index in [0.717, 1.165) is 6.04 Å². The van der Waals surface area contributed by atoms with E-state index >= 15 is 0 Å². The lowest BCUT2D eigenvalue weighted by atomic mass is 9.93. The largest absolute Gasteiger partial charge is 0.478 e. The summed E-state index contributed by atoms with van der Waals surface area (Å²) >= 11 is 0. The number of rotatable bonds is 9. The highest BCUT2D eigenvalue weighted by molar-refractivity contribution is 6.76. The van der Waals surface area contributed by atoms with Crippen molar-refractivity contribution >= 4 is 26.0 Å². The summed E-state index contributed by atoms with van der Waals surface area (Å²) in [6.45, 7) is 12.2. The maximum atomic E-state index is 13.0. The fourth-order valence-electron chi connectivity index (χ4n) is 2.93. The van der Waals surface area contributed by atoms with Gasteiger partial charge in [0.25, 0.3) is 0 Å². The van der Waals surface area contributed by atoms with Crippen molar-refractivity contribution in [1.29, 1.82) is 0 Å². The Morgan fingerprint density at radius 1 is 0.909 bits per heavy atom. The molecule has 2 aromatic carbocycles. The third-order valence-corrected chi connectivity index (χ3v) is 6.30. The van der Waals surface area contributed by atoms with Gasteiger partial charge in [-0.15, -0.1) is 0 Å². The van der Waals surface area contributed by atoms with Crippen LogP contribution >= 0.6 is 0 Å². The van der Waals surface area contributed by atoms with Crippen molar-refractivity contribution in [2.75, 3.05) is 13.4 Å². The van der Waals surface area contributed by atoms with Gasteiger partial charge in [0.15, 0.2) is 6.79 Å². The number of ether oxygens (including phenoxy) is 3. The molecule has 0 bridgehead atoms. The van der Waals surface area contributed by atoms with Crippen molar-refractivity contribution < 1.29 is 33.7 Å². The van der Waals surface area contributed by atoms with Crippen LogP contribution in [0.15, 0.2) is 42.5 Å². The number of hydrogen-bond donors (Lipinski definition) is 1. The quantitative estimate of drug-likeness (QED) is 0.223. The zero-order valence-corrected chi connectivity index (χ0v) is 21.1. The van der Waals surface area contributed by atoms with E-state index < -0.39 is 31.6 Å². The van der Waals surface area contributed by atoms with E-state index in [1.54, 1.807) is 39.0 Å². The van der Waals surface area contributed by atoms with Crippen LogP contribution in [0.4, 0.5) is 0 Å². The molecule has 0 saturated heterocycles. The summed E-state index contributed by atoms with van der Waals surface area (Å²) in [5, 5.41) is 9.58. The second kappa shape index (κ2) is 10.8. The first-order chi connectivity index (χ1) is 15.3. The van der Waals surface area contributed by atoms with Crippen LogP contribution in [-0.4, -0.2) is 50.1 Å². The second-order valence-corrected chi connectivity index (χ2v) is 15.5. The molecule has 0 spiro atoms. The lowest BCUT2D eigenvalue weighted by Crippen LogP contribution is -2.24. The molecule has 33 heavy (non-hydrogen) atoms. The maximum absolute atomic E-state index is 13.0. The molecule has 0 atom stereocenters. The van der Waals surface area contributed by atoms with Crippen LogP contribution in [0.5, 0.6) is 0 Å². The SMILES string of the molecule is CC(C)(C)OC(=O)c1cc(C(=O)OCOCC[Si](C)(C)C)ccc1-c1ccccc1C(=O)O. The highest BCUT2D eigenvalue weighted by Gasteiger charge is 2.24. The lowest BCUT2D eigenvalue weighted by molar-refractivity contribution is -0.0276. The summed E-state index contributed by atoms with van der Waals surface area (Å²) in [6.07, 6.45) is 0. The predicted octanol–water partition coefficient (Wildman–Crippen LogP) is 5.48. The molecule has 0 aliphatic rings. The Kier molecular flexibility index (Phi) is 8.57. The van der Waals surface area contributed by atoms with Crippen molar-refractivity contribution in [2.24, 2.45) is 0 Å². The number of esters is 2. The second-order valence-electron chi connectivity index (χ2n) is 9.88. The Morgan fingerprint density at radius 2 is 1.55 bits per heavy atom. The fourth-order valence-corrected chi connectivity index (χ4v) is 3.69. The topological polar surface area (TPSA) is 99.1 Å². The Balaban J connectivity index is 2.33. The van der Waals surface area contributed by atoms with Gasteiger partial charge in [-0.05, 0) is 56.1 Å². The maximum Gasteiger partial charge on any atom is 0.340 e. The Bertz CT molecular complexity index is 1020. The Morgan fingerprint density at radius 3 is 2.15 bits per heavy atom. The molecule has 0 amide bonds. The Hall–Kier alpha value is -2.97. The van der Waals surface area contributed by atoms with E-state index in [0.29, 0.717) is 17.7 Å². The van der Waals surface area contributed by atoms with E-state index in [-0.39, 0.29) is 23.5 Å². The molecular formula is C25H32O7Si. The van der Waals surface area contributed by atoms with Crippen molar-refractivity contribution in [2.45, 2.75) is 52.1 Å². The van der Waals surface area contributed by atoms with Gasteiger partial charge in [0.05, 0.1) is 16.7 Å². The minimum absolute atomic E-state index is 0.0356. The van der Waals surface area contributed by atoms with E-state index in [4.69, 9.17) is 14.2 Å². The first-order valence-corrected chi connectivity index (χ1v) is 14.4. The Labute approximate surface area is 195 Å². The molecule has 1 N–H and O–H groups in total. The van der Waals surface area contributed by atoms with Gasteiger partial charge in [0, 0.05) is 14.7 Å². The zero-order valence-electron chi connectivity index (χ0n) is 20.1. The van der Waals surface area contributed by atoms with Gasteiger partial charge in [-0.3, -0.25) is 0 Å². The molecule has 0 heterocycles. The van der Waals surface area contributed by atoms with Crippen LogP contribution in [0.1, 0.15) is 51.8 Å². The standard InChI is InChI=1S/C25H32O7Si/c1-25(2,3)32-24(29)21-15-17(23(28)31-16-30-13-14-33(4,5)6)11-12-19(21)18-9-7-8-10-20(18)22(26)27/h7-12,15H,13-14,16H2,1-6H3,(H,26,27).